The van der Waals surface area contributed by atoms with E-state index >= 15 is 0 Å². The summed E-state index contributed by atoms with van der Waals surface area (Å²) in [4.78, 5) is 24.2. The van der Waals surface area contributed by atoms with E-state index in [9.17, 15) is 9.59 Å². The largest absolute Gasteiger partial charge is 0.355 e. The highest BCUT2D eigenvalue weighted by Crippen LogP contribution is 2.22. The van der Waals surface area contributed by atoms with Crippen molar-refractivity contribution in [2.45, 2.75) is 0 Å². The summed E-state index contributed by atoms with van der Waals surface area (Å²) in [5, 5.41) is 8.68. The van der Waals surface area contributed by atoms with Crippen molar-refractivity contribution in [2.24, 2.45) is 0 Å². The predicted octanol–water partition coefficient (Wildman–Crippen LogP) is 4.04. The summed E-state index contributed by atoms with van der Waals surface area (Å²) in [5.41, 5.74) is 3.32. The molecule has 26 heavy (non-hydrogen) atoms. The summed E-state index contributed by atoms with van der Waals surface area (Å²) in [6.45, 7) is 0. The van der Waals surface area contributed by atoms with Crippen LogP contribution in [-0.4, -0.2) is 18.9 Å². The lowest BCUT2D eigenvalue weighted by Gasteiger charge is -2.12. The Balaban J connectivity index is 1.77. The molecule has 3 N–H and O–H groups in total. The van der Waals surface area contributed by atoms with Gasteiger partial charge in [-0.2, -0.15) is 0 Å². The third-order valence-electron chi connectivity index (χ3n) is 3.86. The highest BCUT2D eigenvalue weighted by molar-refractivity contribution is 6.08. The van der Waals surface area contributed by atoms with E-state index in [1.165, 1.54) is 0 Å². The summed E-state index contributed by atoms with van der Waals surface area (Å²) in [6, 6.07) is 23.7. The molecule has 3 aromatic rings. The molecule has 5 heteroatoms. The first-order valence-electron chi connectivity index (χ1n) is 8.22. The lowest BCUT2D eigenvalue weighted by molar-refractivity contribution is 0.0962. The lowest BCUT2D eigenvalue weighted by atomic mass is 10.1. The van der Waals surface area contributed by atoms with Crippen molar-refractivity contribution in [1.82, 2.24) is 5.32 Å². The normalized spacial score (nSPS) is 10.0. The van der Waals surface area contributed by atoms with Gasteiger partial charge in [0.05, 0.1) is 11.3 Å². The van der Waals surface area contributed by atoms with Crippen molar-refractivity contribution < 1.29 is 9.59 Å². The molecule has 0 aromatic heterocycles. The molecule has 0 saturated carbocycles. The molecular formula is C21H19N3O2. The van der Waals surface area contributed by atoms with E-state index in [4.69, 9.17) is 0 Å². The quantitative estimate of drug-likeness (QED) is 0.653. The zero-order valence-corrected chi connectivity index (χ0v) is 14.3. The van der Waals surface area contributed by atoms with Gasteiger partial charge in [0.15, 0.2) is 0 Å². The smallest absolute Gasteiger partial charge is 0.257 e. The zero-order chi connectivity index (χ0) is 18.4. The highest BCUT2D eigenvalue weighted by Gasteiger charge is 2.12. The molecule has 0 heterocycles. The maximum atomic E-state index is 12.7. The second kappa shape index (κ2) is 7.98. The van der Waals surface area contributed by atoms with Crippen LogP contribution in [0.15, 0.2) is 78.9 Å². The minimum atomic E-state index is -0.225. The molecule has 0 saturated heterocycles. The molecule has 130 valence electrons. The minimum Gasteiger partial charge on any atom is -0.355 e. The second-order valence-corrected chi connectivity index (χ2v) is 5.65. The Hall–Kier alpha value is -3.60. The Labute approximate surface area is 152 Å². The van der Waals surface area contributed by atoms with E-state index in [2.05, 4.69) is 16.0 Å². The number of anilines is 3. The molecule has 3 aromatic carbocycles. The Morgan fingerprint density at radius 1 is 0.692 bits per heavy atom. The van der Waals surface area contributed by atoms with Crippen molar-refractivity contribution in [3.05, 3.63) is 90.0 Å². The first-order chi connectivity index (χ1) is 12.7. The van der Waals surface area contributed by atoms with Gasteiger partial charge in [-0.05, 0) is 48.5 Å². The number of hydrogen-bond donors (Lipinski definition) is 3. The number of hydrogen-bond acceptors (Lipinski definition) is 3. The molecule has 0 atom stereocenters. The van der Waals surface area contributed by atoms with Crippen molar-refractivity contribution in [1.29, 1.82) is 0 Å². The van der Waals surface area contributed by atoms with Crippen LogP contribution in [0.25, 0.3) is 0 Å². The van der Waals surface area contributed by atoms with Gasteiger partial charge in [0.1, 0.15) is 0 Å². The van der Waals surface area contributed by atoms with Crippen LogP contribution in [0.1, 0.15) is 20.7 Å². The number of benzene rings is 3. The molecule has 2 amide bonds. The molecule has 5 nitrogen and oxygen atoms in total. The Morgan fingerprint density at radius 2 is 1.35 bits per heavy atom. The summed E-state index contributed by atoms with van der Waals surface area (Å²) in [6.07, 6.45) is 0. The molecule has 3 rings (SSSR count). The van der Waals surface area contributed by atoms with Gasteiger partial charge in [-0.25, -0.2) is 0 Å². The van der Waals surface area contributed by atoms with E-state index in [0.29, 0.717) is 16.8 Å². The van der Waals surface area contributed by atoms with E-state index in [0.717, 1.165) is 11.4 Å². The number of nitrogens with one attached hydrogen (secondary N) is 3. The number of rotatable bonds is 5. The molecule has 0 aliphatic rings. The first-order valence-corrected chi connectivity index (χ1v) is 8.22. The number of amides is 2. The highest BCUT2D eigenvalue weighted by atomic mass is 16.2. The topological polar surface area (TPSA) is 70.2 Å². The Morgan fingerprint density at radius 3 is 2.04 bits per heavy atom. The molecule has 0 aliphatic carbocycles. The fourth-order valence-corrected chi connectivity index (χ4v) is 2.51. The van der Waals surface area contributed by atoms with Gasteiger partial charge in [0.2, 0.25) is 0 Å². The Kier molecular flexibility index (Phi) is 5.29. The van der Waals surface area contributed by atoms with Crippen molar-refractivity contribution in [3.8, 4) is 0 Å². The monoisotopic (exact) mass is 345 g/mol. The van der Waals surface area contributed by atoms with Crippen molar-refractivity contribution in [2.75, 3.05) is 17.7 Å². The minimum absolute atomic E-state index is 0.166. The van der Waals surface area contributed by atoms with Gasteiger partial charge in [0, 0.05) is 24.0 Å². The van der Waals surface area contributed by atoms with Crippen molar-refractivity contribution >= 4 is 28.9 Å². The van der Waals surface area contributed by atoms with E-state index in [-0.39, 0.29) is 11.8 Å². The average Bonchev–Trinajstić information content (AvgIpc) is 2.69. The molecule has 0 fully saturated rings. The molecule has 0 spiro atoms. The third kappa shape index (κ3) is 4.08. The maximum Gasteiger partial charge on any atom is 0.257 e. The fourth-order valence-electron chi connectivity index (χ4n) is 2.51. The lowest BCUT2D eigenvalue weighted by Crippen LogP contribution is -2.18. The van der Waals surface area contributed by atoms with Crippen LogP contribution < -0.4 is 16.0 Å². The number of para-hydroxylation sites is 2. The van der Waals surface area contributed by atoms with E-state index in [1.807, 2.05) is 48.5 Å². The van der Waals surface area contributed by atoms with Crippen LogP contribution in [-0.2, 0) is 0 Å². The third-order valence-corrected chi connectivity index (χ3v) is 3.86. The number of carbonyl (C=O) groups excluding carboxylic acids is 2. The van der Waals surface area contributed by atoms with E-state index < -0.39 is 0 Å². The summed E-state index contributed by atoms with van der Waals surface area (Å²) in [7, 11) is 1.58. The predicted molar refractivity (Wildman–Crippen MR) is 104 cm³/mol. The standard InChI is InChI=1S/C21H19N3O2/c1-22-20(25)15-11-13-17(14-12-15)24-21(26)18-9-5-6-10-19(18)23-16-7-3-2-4-8-16/h2-14,23H,1H3,(H,22,25)(H,24,26). The molecule has 0 radical (unpaired) electrons. The summed E-state index contributed by atoms with van der Waals surface area (Å²) in [5.74, 6) is -0.392. The van der Waals surface area contributed by atoms with Gasteiger partial charge in [0.25, 0.3) is 11.8 Å². The second-order valence-electron chi connectivity index (χ2n) is 5.65. The molecule has 0 aliphatic heterocycles. The van der Waals surface area contributed by atoms with Gasteiger partial charge >= 0.3 is 0 Å². The van der Waals surface area contributed by atoms with Crippen LogP contribution in [0.3, 0.4) is 0 Å². The van der Waals surface area contributed by atoms with Crippen LogP contribution in [0.2, 0.25) is 0 Å². The van der Waals surface area contributed by atoms with E-state index in [1.54, 1.807) is 37.4 Å². The molecule has 0 bridgehead atoms. The summed E-state index contributed by atoms with van der Waals surface area (Å²) < 4.78 is 0. The maximum absolute atomic E-state index is 12.7. The first kappa shape index (κ1) is 17.2. The van der Waals surface area contributed by atoms with Gasteiger partial charge in [-0.3, -0.25) is 9.59 Å². The van der Waals surface area contributed by atoms with Gasteiger partial charge in [-0.1, -0.05) is 30.3 Å². The van der Waals surface area contributed by atoms with Crippen LogP contribution in [0.4, 0.5) is 17.1 Å². The van der Waals surface area contributed by atoms with Gasteiger partial charge in [-0.15, -0.1) is 0 Å². The van der Waals surface area contributed by atoms with Gasteiger partial charge < -0.3 is 16.0 Å². The Bertz CT molecular complexity index is 906. The average molecular weight is 345 g/mol. The number of carbonyl (C=O) groups is 2. The molecular weight excluding hydrogens is 326 g/mol. The van der Waals surface area contributed by atoms with Crippen molar-refractivity contribution in [3.63, 3.8) is 0 Å². The van der Waals surface area contributed by atoms with Crippen LogP contribution in [0.5, 0.6) is 0 Å². The zero-order valence-electron chi connectivity index (χ0n) is 14.3. The molecule has 0 unspecified atom stereocenters. The van der Waals surface area contributed by atoms with Crippen LogP contribution in [0, 0.1) is 0 Å². The SMILES string of the molecule is CNC(=O)c1ccc(NC(=O)c2ccccc2Nc2ccccc2)cc1. The summed E-state index contributed by atoms with van der Waals surface area (Å²) >= 11 is 0. The fraction of sp³-hybridized carbons (Fsp3) is 0.0476. The van der Waals surface area contributed by atoms with Crippen LogP contribution >= 0.6 is 0 Å².